The Kier molecular flexibility index (Phi) is 5.27. The lowest BCUT2D eigenvalue weighted by atomic mass is 9.80. The molecule has 148 valence electrons. The number of carbonyl (C=O) groups is 1. The van der Waals surface area contributed by atoms with E-state index in [1.165, 1.54) is 0 Å². The summed E-state index contributed by atoms with van der Waals surface area (Å²) in [6.45, 7) is 0. The standard InChI is InChI=1S/C23H28N2O3/c1-28-18-11-9-17(10-12-18)25-23(13-5-2-6-14-23)22(27)24-21-19-8-4-3-7-16(19)15-20(21)26/h3-4,7-12,20-21,25-26H,2,5-6,13-15H2,1H3,(H,24,27)/t20-,21+/m0/s1. The van der Waals surface area contributed by atoms with Crippen molar-refractivity contribution in [2.24, 2.45) is 0 Å². The van der Waals surface area contributed by atoms with Crippen molar-refractivity contribution < 1.29 is 14.6 Å². The summed E-state index contributed by atoms with van der Waals surface area (Å²) in [5.41, 5.74) is 2.40. The zero-order valence-corrected chi connectivity index (χ0v) is 16.3. The number of carbonyl (C=O) groups excluding carboxylic acids is 1. The van der Waals surface area contributed by atoms with Crippen LogP contribution in [0.15, 0.2) is 48.5 Å². The van der Waals surface area contributed by atoms with Gasteiger partial charge in [-0.3, -0.25) is 4.79 Å². The molecule has 0 bridgehead atoms. The minimum Gasteiger partial charge on any atom is -0.497 e. The first-order chi connectivity index (χ1) is 13.6. The van der Waals surface area contributed by atoms with Crippen molar-refractivity contribution in [2.45, 2.75) is 56.2 Å². The lowest BCUT2D eigenvalue weighted by molar-refractivity contribution is -0.128. The zero-order valence-electron chi connectivity index (χ0n) is 16.3. The Hall–Kier alpha value is -2.53. The molecule has 0 heterocycles. The highest BCUT2D eigenvalue weighted by Gasteiger charge is 2.42. The second-order valence-electron chi connectivity index (χ2n) is 7.92. The van der Waals surface area contributed by atoms with E-state index >= 15 is 0 Å². The predicted molar refractivity (Wildman–Crippen MR) is 109 cm³/mol. The van der Waals surface area contributed by atoms with Crippen LogP contribution in [0.2, 0.25) is 0 Å². The molecule has 3 N–H and O–H groups in total. The van der Waals surface area contributed by atoms with E-state index in [9.17, 15) is 9.90 Å². The summed E-state index contributed by atoms with van der Waals surface area (Å²) in [5.74, 6) is 0.766. The van der Waals surface area contributed by atoms with Gasteiger partial charge in [-0.2, -0.15) is 0 Å². The smallest absolute Gasteiger partial charge is 0.246 e. The van der Waals surface area contributed by atoms with Crippen LogP contribution in [-0.4, -0.2) is 29.8 Å². The number of methoxy groups -OCH3 is 1. The van der Waals surface area contributed by atoms with Crippen LogP contribution < -0.4 is 15.4 Å². The summed E-state index contributed by atoms with van der Waals surface area (Å²) in [6, 6.07) is 15.3. The molecule has 0 spiro atoms. The third-order valence-electron chi connectivity index (χ3n) is 6.11. The van der Waals surface area contributed by atoms with Gasteiger partial charge >= 0.3 is 0 Å². The fourth-order valence-electron chi connectivity index (χ4n) is 4.54. The molecule has 2 aliphatic carbocycles. The van der Waals surface area contributed by atoms with E-state index in [1.54, 1.807) is 7.11 Å². The normalized spacial score (nSPS) is 22.9. The summed E-state index contributed by atoms with van der Waals surface area (Å²) in [4.78, 5) is 13.4. The Labute approximate surface area is 166 Å². The zero-order chi connectivity index (χ0) is 19.6. The number of ether oxygens (including phenoxy) is 1. The van der Waals surface area contributed by atoms with Gasteiger partial charge in [-0.05, 0) is 48.2 Å². The van der Waals surface area contributed by atoms with Gasteiger partial charge in [0.15, 0.2) is 0 Å². The lowest BCUT2D eigenvalue weighted by Gasteiger charge is -2.38. The number of amides is 1. The number of hydrogen-bond donors (Lipinski definition) is 3. The fraction of sp³-hybridized carbons (Fsp3) is 0.435. The average molecular weight is 380 g/mol. The van der Waals surface area contributed by atoms with Crippen LogP contribution >= 0.6 is 0 Å². The number of hydrogen-bond acceptors (Lipinski definition) is 4. The van der Waals surface area contributed by atoms with Gasteiger partial charge in [-0.1, -0.05) is 43.5 Å². The molecule has 28 heavy (non-hydrogen) atoms. The van der Waals surface area contributed by atoms with E-state index in [0.717, 1.165) is 54.7 Å². The molecule has 4 rings (SSSR count). The first-order valence-corrected chi connectivity index (χ1v) is 10.1. The number of aliphatic hydroxyl groups excluding tert-OH is 1. The van der Waals surface area contributed by atoms with Crippen LogP contribution in [0.1, 0.15) is 49.3 Å². The Bertz CT molecular complexity index is 828. The molecule has 1 saturated carbocycles. The van der Waals surface area contributed by atoms with Gasteiger partial charge in [0, 0.05) is 12.1 Å². The summed E-state index contributed by atoms with van der Waals surface area (Å²) in [7, 11) is 1.64. The van der Waals surface area contributed by atoms with Crippen LogP contribution in [0.4, 0.5) is 5.69 Å². The molecule has 0 saturated heterocycles. The highest BCUT2D eigenvalue weighted by Crippen LogP contribution is 2.36. The summed E-state index contributed by atoms with van der Waals surface area (Å²) < 4.78 is 5.23. The van der Waals surface area contributed by atoms with Gasteiger partial charge < -0.3 is 20.5 Å². The van der Waals surface area contributed by atoms with E-state index < -0.39 is 11.6 Å². The lowest BCUT2D eigenvalue weighted by Crippen LogP contribution is -2.55. The minimum absolute atomic E-state index is 0.0243. The van der Waals surface area contributed by atoms with Crippen molar-refractivity contribution in [3.63, 3.8) is 0 Å². The summed E-state index contributed by atoms with van der Waals surface area (Å²) in [6.07, 6.45) is 4.75. The number of aliphatic hydroxyl groups is 1. The van der Waals surface area contributed by atoms with Crippen LogP contribution in [0.25, 0.3) is 0 Å². The van der Waals surface area contributed by atoms with E-state index in [1.807, 2.05) is 48.5 Å². The SMILES string of the molecule is COc1ccc(NC2(C(=O)N[C@@H]3c4ccccc4C[C@@H]3O)CCCCC2)cc1. The molecule has 0 unspecified atom stereocenters. The molecule has 1 amide bonds. The third kappa shape index (κ3) is 3.59. The number of rotatable bonds is 5. The maximum Gasteiger partial charge on any atom is 0.246 e. The second-order valence-corrected chi connectivity index (χ2v) is 7.92. The topological polar surface area (TPSA) is 70.6 Å². The molecule has 2 aromatic rings. The van der Waals surface area contributed by atoms with E-state index in [4.69, 9.17) is 4.74 Å². The average Bonchev–Trinajstić information content (AvgIpc) is 3.04. The molecule has 5 heteroatoms. The predicted octanol–water partition coefficient (Wildman–Crippen LogP) is 3.58. The molecule has 0 radical (unpaired) electrons. The Morgan fingerprint density at radius 3 is 2.50 bits per heavy atom. The van der Waals surface area contributed by atoms with Gasteiger partial charge in [-0.15, -0.1) is 0 Å². The van der Waals surface area contributed by atoms with Crippen molar-refractivity contribution in [3.05, 3.63) is 59.7 Å². The van der Waals surface area contributed by atoms with Gasteiger partial charge in [-0.25, -0.2) is 0 Å². The molecular formula is C23H28N2O3. The van der Waals surface area contributed by atoms with Crippen LogP contribution in [0.5, 0.6) is 5.75 Å². The molecule has 0 aromatic heterocycles. The first kappa shape index (κ1) is 18.8. The Morgan fingerprint density at radius 2 is 1.79 bits per heavy atom. The van der Waals surface area contributed by atoms with Gasteiger partial charge in [0.2, 0.25) is 5.91 Å². The van der Waals surface area contributed by atoms with Crippen LogP contribution in [0, 0.1) is 0 Å². The monoisotopic (exact) mass is 380 g/mol. The Balaban J connectivity index is 1.56. The van der Waals surface area contributed by atoms with E-state index in [-0.39, 0.29) is 11.9 Å². The van der Waals surface area contributed by atoms with Gasteiger partial charge in [0.05, 0.1) is 19.3 Å². The maximum atomic E-state index is 13.4. The summed E-state index contributed by atoms with van der Waals surface area (Å²) >= 11 is 0. The number of anilines is 1. The van der Waals surface area contributed by atoms with Crippen molar-refractivity contribution in [1.29, 1.82) is 0 Å². The quantitative estimate of drug-likeness (QED) is 0.741. The molecular weight excluding hydrogens is 352 g/mol. The molecule has 2 aliphatic rings. The molecule has 5 nitrogen and oxygen atoms in total. The molecule has 0 aliphatic heterocycles. The Morgan fingerprint density at radius 1 is 1.07 bits per heavy atom. The van der Waals surface area contributed by atoms with E-state index in [0.29, 0.717) is 6.42 Å². The number of nitrogens with one attached hydrogen (secondary N) is 2. The van der Waals surface area contributed by atoms with Crippen LogP contribution in [0.3, 0.4) is 0 Å². The highest BCUT2D eigenvalue weighted by atomic mass is 16.5. The fourth-order valence-corrected chi connectivity index (χ4v) is 4.54. The number of fused-ring (bicyclic) bond motifs is 1. The van der Waals surface area contributed by atoms with Gasteiger partial charge in [0.1, 0.15) is 11.3 Å². The first-order valence-electron chi connectivity index (χ1n) is 10.1. The number of benzene rings is 2. The highest BCUT2D eigenvalue weighted by molar-refractivity contribution is 5.90. The van der Waals surface area contributed by atoms with Crippen molar-refractivity contribution in [3.8, 4) is 5.75 Å². The molecule has 2 atom stereocenters. The second kappa shape index (κ2) is 7.84. The molecule has 1 fully saturated rings. The largest absolute Gasteiger partial charge is 0.497 e. The summed E-state index contributed by atoms with van der Waals surface area (Å²) in [5, 5.41) is 17.2. The van der Waals surface area contributed by atoms with Crippen molar-refractivity contribution in [1.82, 2.24) is 5.32 Å². The van der Waals surface area contributed by atoms with Crippen molar-refractivity contribution in [2.75, 3.05) is 12.4 Å². The van der Waals surface area contributed by atoms with Gasteiger partial charge in [0.25, 0.3) is 0 Å². The minimum atomic E-state index is -0.649. The maximum absolute atomic E-state index is 13.4. The molecule has 2 aromatic carbocycles. The van der Waals surface area contributed by atoms with Crippen molar-refractivity contribution >= 4 is 11.6 Å². The third-order valence-corrected chi connectivity index (χ3v) is 6.11. The van der Waals surface area contributed by atoms with E-state index in [2.05, 4.69) is 10.6 Å². The van der Waals surface area contributed by atoms with Crippen LogP contribution in [-0.2, 0) is 11.2 Å².